The fraction of sp³-hybridized carbons (Fsp3) is 0.500. The third kappa shape index (κ3) is 6.07. The van der Waals surface area contributed by atoms with Crippen molar-refractivity contribution in [3.8, 4) is 5.75 Å². The highest BCUT2D eigenvalue weighted by Crippen LogP contribution is 2.27. The number of esters is 1. The van der Waals surface area contributed by atoms with Crippen molar-refractivity contribution in [2.45, 2.75) is 31.9 Å². The third-order valence-electron chi connectivity index (χ3n) is 5.63. The number of nitrogens with zero attached hydrogens (tertiary/aromatic N) is 3. The van der Waals surface area contributed by atoms with E-state index < -0.39 is 22.9 Å². The van der Waals surface area contributed by atoms with Crippen molar-refractivity contribution in [3.05, 3.63) is 51.2 Å². The molecule has 2 heterocycles. The Labute approximate surface area is 191 Å². The maximum atomic E-state index is 12.6. The van der Waals surface area contributed by atoms with Gasteiger partial charge in [0.2, 0.25) is 12.0 Å². The predicted octanol–water partition coefficient (Wildman–Crippen LogP) is 0.673. The van der Waals surface area contributed by atoms with E-state index in [9.17, 15) is 24.8 Å². The van der Waals surface area contributed by atoms with Gasteiger partial charge in [-0.2, -0.15) is 0 Å². The average Bonchev–Trinajstić information content (AvgIpc) is 2.90. The number of amidine groups is 1. The topological polar surface area (TPSA) is 144 Å². The number of methoxy groups -OCH3 is 1. The highest BCUT2D eigenvalue weighted by atomic mass is 16.6. The number of hydrogen-bond donors (Lipinski definition) is 2. The lowest BCUT2D eigenvalue weighted by atomic mass is 9.94. The van der Waals surface area contributed by atoms with Crippen molar-refractivity contribution >= 4 is 17.7 Å². The van der Waals surface area contributed by atoms with E-state index in [-0.39, 0.29) is 30.4 Å². The van der Waals surface area contributed by atoms with Crippen LogP contribution in [0.4, 0.5) is 0 Å². The molecule has 3 rings (SSSR count). The molecule has 11 nitrogen and oxygen atoms in total. The van der Waals surface area contributed by atoms with Crippen molar-refractivity contribution in [2.24, 2.45) is 10.9 Å². The summed E-state index contributed by atoms with van der Waals surface area (Å²) in [5.41, 5.74) is 1.69. The van der Waals surface area contributed by atoms with E-state index in [0.717, 1.165) is 11.1 Å². The monoisotopic (exact) mass is 460 g/mol. The quantitative estimate of drug-likeness (QED) is 0.249. The molecule has 33 heavy (non-hydrogen) atoms. The lowest BCUT2D eigenvalue weighted by molar-refractivity contribution is -0.433. The van der Waals surface area contributed by atoms with Gasteiger partial charge in [0.25, 0.3) is 5.70 Å². The van der Waals surface area contributed by atoms with Crippen LogP contribution in [0.1, 0.15) is 24.0 Å². The molecule has 1 aromatic carbocycles. The number of fused-ring (bicyclic) bond motifs is 1. The van der Waals surface area contributed by atoms with Crippen molar-refractivity contribution in [3.63, 3.8) is 0 Å². The first-order valence-corrected chi connectivity index (χ1v) is 10.7. The van der Waals surface area contributed by atoms with Crippen molar-refractivity contribution in [1.29, 1.82) is 0 Å². The number of dihydropyridines is 1. The number of rotatable bonds is 8. The number of nitrogens with one attached hydrogen (secondary N) is 1. The van der Waals surface area contributed by atoms with E-state index in [1.54, 1.807) is 11.9 Å². The Morgan fingerprint density at radius 3 is 2.91 bits per heavy atom. The van der Waals surface area contributed by atoms with Gasteiger partial charge in [0.15, 0.2) is 0 Å². The van der Waals surface area contributed by atoms with Gasteiger partial charge in [0.05, 0.1) is 37.5 Å². The van der Waals surface area contributed by atoms with Crippen molar-refractivity contribution < 1.29 is 29.1 Å². The molecule has 0 fully saturated rings. The first kappa shape index (κ1) is 24.2. The fourth-order valence-corrected chi connectivity index (χ4v) is 3.86. The number of nitro groups is 1. The summed E-state index contributed by atoms with van der Waals surface area (Å²) in [6.07, 6.45) is 1.02. The number of aliphatic hydroxyl groups is 1. The van der Waals surface area contributed by atoms with Crippen LogP contribution in [0.25, 0.3) is 0 Å². The second-order valence-corrected chi connectivity index (χ2v) is 7.95. The molecule has 2 unspecified atom stereocenters. The summed E-state index contributed by atoms with van der Waals surface area (Å²) in [6, 6.07) is 5.65. The van der Waals surface area contributed by atoms with Gasteiger partial charge in [0, 0.05) is 26.2 Å². The van der Waals surface area contributed by atoms with Gasteiger partial charge >= 0.3 is 5.97 Å². The smallest absolute Gasteiger partial charge is 0.306 e. The molecule has 0 aliphatic carbocycles. The van der Waals surface area contributed by atoms with Gasteiger partial charge in [-0.3, -0.25) is 24.7 Å². The molecule has 0 radical (unpaired) electrons. The summed E-state index contributed by atoms with van der Waals surface area (Å²) >= 11 is 0. The maximum absolute atomic E-state index is 12.6. The second-order valence-electron chi connectivity index (χ2n) is 7.95. The average molecular weight is 460 g/mol. The normalized spacial score (nSPS) is 20.2. The van der Waals surface area contributed by atoms with Gasteiger partial charge in [-0.1, -0.05) is 6.07 Å². The van der Waals surface area contributed by atoms with Crippen LogP contribution in [-0.2, 0) is 27.3 Å². The van der Waals surface area contributed by atoms with Crippen LogP contribution in [0.5, 0.6) is 5.75 Å². The molecule has 0 saturated heterocycles. The van der Waals surface area contributed by atoms with Crippen LogP contribution < -0.4 is 10.1 Å². The first-order valence-electron chi connectivity index (χ1n) is 10.7. The summed E-state index contributed by atoms with van der Waals surface area (Å²) in [5, 5.41) is 23.8. The Bertz CT molecular complexity index is 975. The molecule has 0 aromatic heterocycles. The minimum Gasteiger partial charge on any atom is -0.494 e. The van der Waals surface area contributed by atoms with Crippen LogP contribution in [0.2, 0.25) is 0 Å². The number of ether oxygens (including phenoxy) is 2. The third-order valence-corrected chi connectivity index (χ3v) is 5.63. The number of hydrogen-bond acceptors (Lipinski definition) is 9. The fourth-order valence-electron chi connectivity index (χ4n) is 3.86. The van der Waals surface area contributed by atoms with Gasteiger partial charge in [-0.15, -0.1) is 0 Å². The van der Waals surface area contributed by atoms with Gasteiger partial charge in [-0.05, 0) is 36.1 Å². The molecule has 1 aromatic rings. The molecule has 1 amide bonds. The summed E-state index contributed by atoms with van der Waals surface area (Å²) in [7, 11) is 3.02. The first-order chi connectivity index (χ1) is 15.8. The van der Waals surface area contributed by atoms with Crippen LogP contribution in [-0.4, -0.2) is 72.6 Å². The van der Waals surface area contributed by atoms with Crippen LogP contribution in [0, 0.1) is 16.0 Å². The van der Waals surface area contributed by atoms with Gasteiger partial charge < -0.3 is 24.8 Å². The van der Waals surface area contributed by atoms with Crippen LogP contribution in [0.15, 0.2) is 35.0 Å². The molecule has 0 bridgehead atoms. The Kier molecular flexibility index (Phi) is 7.99. The largest absolute Gasteiger partial charge is 0.494 e. The zero-order chi connectivity index (χ0) is 24.0. The molecular weight excluding hydrogens is 432 g/mol. The van der Waals surface area contributed by atoms with Crippen LogP contribution in [0.3, 0.4) is 0 Å². The van der Waals surface area contributed by atoms with E-state index in [1.165, 1.54) is 13.2 Å². The lowest BCUT2D eigenvalue weighted by Crippen LogP contribution is -2.40. The van der Waals surface area contributed by atoms with E-state index in [2.05, 4.69) is 10.3 Å². The standard InChI is InChI=1S/C22H28N4O7/c1-25-13-16-11-17(5-4-14(16)10-15(22(25)29)12-19(27)32-2)33-9-3-7-23-21-20(28)18(26(30)31)6-8-24-21/h4-6,11,15,20,28H,3,7-10,12-13H2,1-2H3,(H,23,24). The lowest BCUT2D eigenvalue weighted by Gasteiger charge is -2.19. The Balaban J connectivity index is 1.51. The molecule has 11 heteroatoms. The van der Waals surface area contributed by atoms with Gasteiger partial charge in [0.1, 0.15) is 11.6 Å². The van der Waals surface area contributed by atoms with Crippen molar-refractivity contribution in [2.75, 3.05) is 33.9 Å². The summed E-state index contributed by atoms with van der Waals surface area (Å²) in [5.74, 6) is -0.104. The number of aliphatic imine (C=N–C) groups is 1. The summed E-state index contributed by atoms with van der Waals surface area (Å²) < 4.78 is 10.5. The van der Waals surface area contributed by atoms with E-state index in [0.29, 0.717) is 38.3 Å². The number of benzene rings is 1. The Hall–Kier alpha value is -3.47. The number of amides is 1. The minimum absolute atomic E-state index is 0.0449. The SMILES string of the molecule is COC(=O)CC1Cc2ccc(OCCCNC3=NCC=C([N+](=O)[O-])C3O)cc2CN(C)C1=O. The molecule has 2 atom stereocenters. The number of carbonyl (C=O) groups is 2. The van der Waals surface area contributed by atoms with E-state index in [1.807, 2.05) is 18.2 Å². The van der Waals surface area contributed by atoms with E-state index in [4.69, 9.17) is 9.47 Å². The second kappa shape index (κ2) is 10.9. The molecular formula is C22H28N4O7. The molecule has 0 saturated carbocycles. The zero-order valence-electron chi connectivity index (χ0n) is 18.7. The molecule has 2 aliphatic rings. The number of carbonyl (C=O) groups excluding carboxylic acids is 2. The molecule has 2 aliphatic heterocycles. The maximum Gasteiger partial charge on any atom is 0.306 e. The molecule has 178 valence electrons. The summed E-state index contributed by atoms with van der Waals surface area (Å²) in [4.78, 5) is 40.3. The molecule has 2 N–H and O–H groups in total. The minimum atomic E-state index is -1.36. The highest BCUT2D eigenvalue weighted by Gasteiger charge is 2.30. The van der Waals surface area contributed by atoms with Crippen molar-refractivity contribution in [1.82, 2.24) is 10.2 Å². The van der Waals surface area contributed by atoms with Crippen LogP contribution >= 0.6 is 0 Å². The highest BCUT2D eigenvalue weighted by molar-refractivity contribution is 5.89. The van der Waals surface area contributed by atoms with Gasteiger partial charge in [-0.25, -0.2) is 0 Å². The Morgan fingerprint density at radius 2 is 2.18 bits per heavy atom. The zero-order valence-corrected chi connectivity index (χ0v) is 18.7. The number of aliphatic hydroxyl groups excluding tert-OH is 1. The summed E-state index contributed by atoms with van der Waals surface area (Å²) in [6.45, 7) is 1.39. The molecule has 0 spiro atoms. The van der Waals surface area contributed by atoms with E-state index >= 15 is 0 Å². The Morgan fingerprint density at radius 1 is 1.39 bits per heavy atom. The predicted molar refractivity (Wildman–Crippen MR) is 118 cm³/mol.